The highest BCUT2D eigenvalue weighted by atomic mass is 35.5. The van der Waals surface area contributed by atoms with Crippen LogP contribution in [-0.2, 0) is 10.0 Å². The number of aromatic nitrogens is 3. The van der Waals surface area contributed by atoms with Gasteiger partial charge in [0.15, 0.2) is 0 Å². The van der Waals surface area contributed by atoms with Crippen LogP contribution in [0.25, 0.3) is 0 Å². The predicted octanol–water partition coefficient (Wildman–Crippen LogP) is 1.54. The minimum atomic E-state index is -3.57. The highest BCUT2D eigenvalue weighted by Gasteiger charge is 2.39. The number of aryl methyl sites for hydroxylation is 1. The molecule has 1 aliphatic rings. The van der Waals surface area contributed by atoms with Gasteiger partial charge in [0.25, 0.3) is 0 Å². The Morgan fingerprint density at radius 1 is 1.39 bits per heavy atom. The number of nitrogens with zero attached hydrogens (tertiary/aromatic N) is 4. The van der Waals surface area contributed by atoms with Gasteiger partial charge in [0.2, 0.25) is 10.0 Å². The molecule has 124 valence electrons. The van der Waals surface area contributed by atoms with Crippen molar-refractivity contribution in [1.82, 2.24) is 19.3 Å². The minimum absolute atomic E-state index is 0.0794. The molecule has 0 unspecified atom stereocenters. The second-order valence-corrected chi connectivity index (χ2v) is 8.03. The lowest BCUT2D eigenvalue weighted by Gasteiger charge is -2.37. The Kier molecular flexibility index (Phi) is 4.18. The Bertz CT molecular complexity index is 828. The van der Waals surface area contributed by atoms with E-state index in [4.69, 9.17) is 11.6 Å². The standard InChI is InChI=1S/C14H17ClN4O3S/c1-9-3-4-11(15)5-14(9)23(21,22)18-6-12(7-18)19-8-13(10(2)20)16-17-19/h3-5,8,10,12,20H,6-7H2,1-2H3/t10-/m1/s1. The number of benzene rings is 1. The summed E-state index contributed by atoms with van der Waals surface area (Å²) < 4.78 is 28.3. The third-order valence-electron chi connectivity index (χ3n) is 3.93. The molecule has 0 spiro atoms. The van der Waals surface area contributed by atoms with Gasteiger partial charge in [-0.25, -0.2) is 13.1 Å². The van der Waals surface area contributed by atoms with Crippen molar-refractivity contribution in [3.63, 3.8) is 0 Å². The highest BCUT2D eigenvalue weighted by molar-refractivity contribution is 7.89. The van der Waals surface area contributed by atoms with Crippen LogP contribution in [0.5, 0.6) is 0 Å². The van der Waals surface area contributed by atoms with Gasteiger partial charge in [0.05, 0.1) is 23.2 Å². The van der Waals surface area contributed by atoms with Crippen molar-refractivity contribution >= 4 is 21.6 Å². The topological polar surface area (TPSA) is 88.3 Å². The fourth-order valence-corrected chi connectivity index (χ4v) is 4.43. The van der Waals surface area contributed by atoms with Gasteiger partial charge >= 0.3 is 0 Å². The molecule has 1 aromatic carbocycles. The summed E-state index contributed by atoms with van der Waals surface area (Å²) in [6, 6.07) is 4.76. The first-order valence-corrected chi connectivity index (χ1v) is 8.97. The van der Waals surface area contributed by atoms with Gasteiger partial charge in [-0.2, -0.15) is 4.31 Å². The summed E-state index contributed by atoms with van der Waals surface area (Å²) >= 11 is 5.92. The molecule has 7 nitrogen and oxygen atoms in total. The second kappa shape index (κ2) is 5.86. The molecule has 1 saturated heterocycles. The summed E-state index contributed by atoms with van der Waals surface area (Å²) in [5.41, 5.74) is 1.13. The molecular weight excluding hydrogens is 340 g/mol. The normalized spacial score (nSPS) is 17.9. The predicted molar refractivity (Wildman–Crippen MR) is 84.6 cm³/mol. The van der Waals surface area contributed by atoms with Gasteiger partial charge in [-0.05, 0) is 31.5 Å². The number of aliphatic hydroxyl groups excluding tert-OH is 1. The van der Waals surface area contributed by atoms with Crippen molar-refractivity contribution in [3.8, 4) is 0 Å². The average molecular weight is 357 g/mol. The van der Waals surface area contributed by atoms with E-state index in [0.29, 0.717) is 29.4 Å². The third kappa shape index (κ3) is 2.99. The van der Waals surface area contributed by atoms with E-state index < -0.39 is 16.1 Å². The summed E-state index contributed by atoms with van der Waals surface area (Å²) in [4.78, 5) is 0.228. The smallest absolute Gasteiger partial charge is 0.243 e. The molecule has 3 rings (SSSR count). The molecule has 2 aromatic rings. The van der Waals surface area contributed by atoms with E-state index in [0.717, 1.165) is 0 Å². The van der Waals surface area contributed by atoms with Crippen molar-refractivity contribution in [2.45, 2.75) is 30.9 Å². The number of sulfonamides is 1. The molecular formula is C14H17ClN4O3S. The fourth-order valence-electron chi connectivity index (χ4n) is 2.43. The number of aliphatic hydroxyl groups is 1. The number of rotatable bonds is 4. The number of halogens is 1. The van der Waals surface area contributed by atoms with Crippen molar-refractivity contribution < 1.29 is 13.5 Å². The van der Waals surface area contributed by atoms with E-state index in [-0.39, 0.29) is 10.9 Å². The Labute approximate surface area is 139 Å². The zero-order valence-corrected chi connectivity index (χ0v) is 14.3. The van der Waals surface area contributed by atoms with E-state index in [1.807, 2.05) is 0 Å². The maximum atomic E-state index is 12.7. The van der Waals surface area contributed by atoms with Crippen LogP contribution in [-0.4, -0.2) is 45.9 Å². The van der Waals surface area contributed by atoms with E-state index >= 15 is 0 Å². The highest BCUT2D eigenvalue weighted by Crippen LogP contribution is 2.30. The Balaban J connectivity index is 1.76. The van der Waals surface area contributed by atoms with Crippen LogP contribution in [0, 0.1) is 6.92 Å². The molecule has 2 heterocycles. The van der Waals surface area contributed by atoms with Crippen LogP contribution >= 0.6 is 11.6 Å². The molecule has 0 saturated carbocycles. The molecule has 1 aromatic heterocycles. The molecule has 23 heavy (non-hydrogen) atoms. The van der Waals surface area contributed by atoms with Crippen molar-refractivity contribution in [2.24, 2.45) is 0 Å². The first-order valence-electron chi connectivity index (χ1n) is 7.15. The molecule has 1 N–H and O–H groups in total. The largest absolute Gasteiger partial charge is 0.387 e. The van der Waals surface area contributed by atoms with E-state index in [1.165, 1.54) is 10.4 Å². The lowest BCUT2D eigenvalue weighted by atomic mass is 10.2. The fraction of sp³-hybridized carbons (Fsp3) is 0.429. The maximum absolute atomic E-state index is 12.7. The summed E-state index contributed by atoms with van der Waals surface area (Å²) in [5.74, 6) is 0. The molecule has 1 atom stereocenters. The number of hydrogen-bond donors (Lipinski definition) is 1. The molecule has 0 radical (unpaired) electrons. The summed E-state index contributed by atoms with van der Waals surface area (Å²) in [7, 11) is -3.57. The van der Waals surface area contributed by atoms with Crippen molar-refractivity contribution in [1.29, 1.82) is 0 Å². The van der Waals surface area contributed by atoms with Crippen LogP contribution in [0.4, 0.5) is 0 Å². The van der Waals surface area contributed by atoms with Gasteiger partial charge in [0, 0.05) is 18.1 Å². The van der Waals surface area contributed by atoms with Gasteiger partial charge in [-0.15, -0.1) is 5.10 Å². The van der Waals surface area contributed by atoms with Crippen LogP contribution in [0.15, 0.2) is 29.3 Å². The Morgan fingerprint density at radius 2 is 2.09 bits per heavy atom. The van der Waals surface area contributed by atoms with Crippen molar-refractivity contribution in [3.05, 3.63) is 40.7 Å². The quantitative estimate of drug-likeness (QED) is 0.897. The van der Waals surface area contributed by atoms with E-state index in [2.05, 4.69) is 10.3 Å². The van der Waals surface area contributed by atoms with Crippen LogP contribution < -0.4 is 0 Å². The van der Waals surface area contributed by atoms with E-state index in [9.17, 15) is 13.5 Å². The molecule has 9 heteroatoms. The maximum Gasteiger partial charge on any atom is 0.243 e. The monoisotopic (exact) mass is 356 g/mol. The molecule has 1 fully saturated rings. The zero-order valence-electron chi connectivity index (χ0n) is 12.7. The molecule has 1 aliphatic heterocycles. The summed E-state index contributed by atoms with van der Waals surface area (Å²) in [6.07, 6.45) is 0.946. The van der Waals surface area contributed by atoms with Crippen LogP contribution in [0.1, 0.15) is 30.3 Å². The first-order chi connectivity index (χ1) is 10.8. The minimum Gasteiger partial charge on any atom is -0.387 e. The summed E-state index contributed by atoms with van der Waals surface area (Å²) in [6.45, 7) is 3.98. The Hall–Kier alpha value is -1.48. The van der Waals surface area contributed by atoms with Gasteiger partial charge in [-0.3, -0.25) is 0 Å². The lowest BCUT2D eigenvalue weighted by molar-refractivity contribution is 0.187. The molecule has 0 aliphatic carbocycles. The SMILES string of the molecule is Cc1ccc(Cl)cc1S(=O)(=O)N1CC(n2cc([C@@H](C)O)nn2)C1. The summed E-state index contributed by atoms with van der Waals surface area (Å²) in [5, 5.41) is 17.7. The Morgan fingerprint density at radius 3 is 2.70 bits per heavy atom. The van der Waals surface area contributed by atoms with Crippen molar-refractivity contribution in [2.75, 3.05) is 13.1 Å². The molecule has 0 amide bonds. The zero-order chi connectivity index (χ0) is 16.8. The first kappa shape index (κ1) is 16.4. The average Bonchev–Trinajstić information content (AvgIpc) is 2.89. The molecule has 0 bridgehead atoms. The number of hydrogen-bond acceptors (Lipinski definition) is 5. The van der Waals surface area contributed by atoms with Crippen LogP contribution in [0.3, 0.4) is 0 Å². The van der Waals surface area contributed by atoms with Gasteiger partial charge in [-0.1, -0.05) is 22.9 Å². The lowest BCUT2D eigenvalue weighted by Crippen LogP contribution is -2.50. The van der Waals surface area contributed by atoms with E-state index in [1.54, 1.807) is 36.9 Å². The second-order valence-electron chi connectivity index (χ2n) is 5.69. The van der Waals surface area contributed by atoms with Gasteiger partial charge < -0.3 is 5.11 Å². The van der Waals surface area contributed by atoms with Gasteiger partial charge in [0.1, 0.15) is 5.69 Å². The van der Waals surface area contributed by atoms with Crippen LogP contribution in [0.2, 0.25) is 5.02 Å². The third-order valence-corrected chi connectivity index (χ3v) is 6.14.